The summed E-state index contributed by atoms with van der Waals surface area (Å²) in [5, 5.41) is 3.63. The van der Waals surface area contributed by atoms with Crippen molar-refractivity contribution >= 4 is 33.4 Å². The highest BCUT2D eigenvalue weighted by molar-refractivity contribution is 9.10. The number of rotatable bonds is 2. The van der Waals surface area contributed by atoms with Gasteiger partial charge in [0.05, 0.1) is 16.7 Å². The van der Waals surface area contributed by atoms with E-state index in [-0.39, 0.29) is 17.6 Å². The third-order valence-corrected chi connectivity index (χ3v) is 4.68. The molecule has 0 spiro atoms. The Balaban J connectivity index is 2.14. The Morgan fingerprint density at radius 3 is 2.89 bits per heavy atom. The molecule has 5 heteroatoms. The van der Waals surface area contributed by atoms with Crippen LogP contribution in [0.4, 0.5) is 0 Å². The summed E-state index contributed by atoms with van der Waals surface area (Å²) in [5.41, 5.74) is 0.287. The number of amides is 1. The third-order valence-electron chi connectivity index (χ3n) is 3.47. The topological polar surface area (TPSA) is 38.3 Å². The van der Waals surface area contributed by atoms with E-state index in [1.165, 1.54) is 0 Å². The van der Waals surface area contributed by atoms with E-state index < -0.39 is 0 Å². The van der Waals surface area contributed by atoms with E-state index in [1.54, 1.807) is 18.2 Å². The van der Waals surface area contributed by atoms with Crippen molar-refractivity contribution in [2.75, 3.05) is 6.61 Å². The van der Waals surface area contributed by atoms with E-state index in [0.29, 0.717) is 17.2 Å². The van der Waals surface area contributed by atoms with Crippen LogP contribution in [0.15, 0.2) is 22.7 Å². The molecule has 0 radical (unpaired) electrons. The smallest absolute Gasteiger partial charge is 0.251 e. The second-order valence-electron chi connectivity index (χ2n) is 4.76. The summed E-state index contributed by atoms with van der Waals surface area (Å²) in [4.78, 5) is 12.2. The van der Waals surface area contributed by atoms with Crippen LogP contribution in [-0.4, -0.2) is 24.2 Å². The maximum atomic E-state index is 12.2. The first kappa shape index (κ1) is 13.8. The van der Waals surface area contributed by atoms with E-state index >= 15 is 0 Å². The van der Waals surface area contributed by atoms with Gasteiger partial charge in [0.25, 0.3) is 5.91 Å². The molecule has 0 aliphatic carbocycles. The van der Waals surface area contributed by atoms with Gasteiger partial charge in [-0.1, -0.05) is 11.6 Å². The van der Waals surface area contributed by atoms with Gasteiger partial charge < -0.3 is 10.1 Å². The highest BCUT2D eigenvalue weighted by atomic mass is 79.9. The summed E-state index contributed by atoms with van der Waals surface area (Å²) in [6.45, 7) is 4.67. The summed E-state index contributed by atoms with van der Waals surface area (Å²) in [5.74, 6) is -0.104. The van der Waals surface area contributed by atoms with Gasteiger partial charge in [0.2, 0.25) is 0 Å². The molecule has 0 saturated carbocycles. The minimum atomic E-state index is -0.302. The first-order valence-electron chi connectivity index (χ1n) is 5.81. The molecular weight excluding hydrogens is 318 g/mol. The van der Waals surface area contributed by atoms with Crippen molar-refractivity contribution in [2.45, 2.75) is 31.9 Å². The zero-order chi connectivity index (χ0) is 13.3. The Hall–Kier alpha value is -0.580. The van der Waals surface area contributed by atoms with Crippen molar-refractivity contribution in [3.05, 3.63) is 33.3 Å². The summed E-state index contributed by atoms with van der Waals surface area (Å²) in [6, 6.07) is 5.14. The fourth-order valence-electron chi connectivity index (χ4n) is 1.97. The molecule has 1 N–H and O–H groups in total. The van der Waals surface area contributed by atoms with Crippen LogP contribution in [0.5, 0.6) is 0 Å². The average Bonchev–Trinajstić information content (AvgIpc) is 2.63. The van der Waals surface area contributed by atoms with Gasteiger partial charge in [0, 0.05) is 16.6 Å². The predicted octanol–water partition coefficient (Wildman–Crippen LogP) is 3.40. The van der Waals surface area contributed by atoms with Crippen LogP contribution in [0, 0.1) is 0 Å². The number of carbonyl (C=O) groups excluding carboxylic acids is 1. The molecule has 1 amide bonds. The maximum absolute atomic E-state index is 12.2. The molecule has 1 aliphatic rings. The van der Waals surface area contributed by atoms with Gasteiger partial charge in [0.1, 0.15) is 0 Å². The quantitative estimate of drug-likeness (QED) is 0.901. The molecule has 1 fully saturated rings. The summed E-state index contributed by atoms with van der Waals surface area (Å²) < 4.78 is 6.22. The van der Waals surface area contributed by atoms with Crippen molar-refractivity contribution in [3.8, 4) is 0 Å². The molecule has 1 aromatic rings. The summed E-state index contributed by atoms with van der Waals surface area (Å²) in [7, 11) is 0. The largest absolute Gasteiger partial charge is 0.376 e. The van der Waals surface area contributed by atoms with Crippen LogP contribution in [0.25, 0.3) is 0 Å². The lowest BCUT2D eigenvalue weighted by Crippen LogP contribution is -2.50. The monoisotopic (exact) mass is 331 g/mol. The fraction of sp³-hybridized carbons (Fsp3) is 0.462. The Morgan fingerprint density at radius 2 is 2.33 bits per heavy atom. The van der Waals surface area contributed by atoms with Crippen LogP contribution < -0.4 is 5.32 Å². The van der Waals surface area contributed by atoms with Gasteiger partial charge in [-0.2, -0.15) is 0 Å². The van der Waals surface area contributed by atoms with Crippen molar-refractivity contribution in [2.24, 2.45) is 0 Å². The van der Waals surface area contributed by atoms with Crippen LogP contribution in [-0.2, 0) is 4.74 Å². The predicted molar refractivity (Wildman–Crippen MR) is 75.1 cm³/mol. The Morgan fingerprint density at radius 1 is 1.61 bits per heavy atom. The van der Waals surface area contributed by atoms with Crippen LogP contribution in [0.3, 0.4) is 0 Å². The number of ether oxygens (including phenoxy) is 1. The van der Waals surface area contributed by atoms with Gasteiger partial charge in [-0.25, -0.2) is 0 Å². The van der Waals surface area contributed by atoms with Crippen molar-refractivity contribution in [1.29, 1.82) is 0 Å². The molecule has 0 bridgehead atoms. The second-order valence-corrected chi connectivity index (χ2v) is 6.03. The van der Waals surface area contributed by atoms with Gasteiger partial charge >= 0.3 is 0 Å². The molecule has 1 aliphatic heterocycles. The number of carbonyl (C=O) groups is 1. The van der Waals surface area contributed by atoms with Crippen LogP contribution >= 0.6 is 27.5 Å². The van der Waals surface area contributed by atoms with Gasteiger partial charge in [0.15, 0.2) is 0 Å². The molecule has 98 valence electrons. The first-order chi connectivity index (χ1) is 8.42. The van der Waals surface area contributed by atoms with Crippen LogP contribution in [0.1, 0.15) is 30.6 Å². The second kappa shape index (κ2) is 5.19. The van der Waals surface area contributed by atoms with Crippen molar-refractivity contribution in [3.63, 3.8) is 0 Å². The Kier molecular flexibility index (Phi) is 3.99. The van der Waals surface area contributed by atoms with E-state index in [1.807, 2.05) is 13.8 Å². The van der Waals surface area contributed by atoms with E-state index in [0.717, 1.165) is 10.9 Å². The Labute approximate surface area is 120 Å². The molecule has 1 saturated heterocycles. The number of halogens is 2. The first-order valence-corrected chi connectivity index (χ1v) is 6.99. The average molecular weight is 333 g/mol. The standard InChI is InChI=1S/C13H15BrClNO2/c1-8-13(2,5-6-18-8)16-12(17)9-3-4-11(15)10(14)7-9/h3-4,7-8H,5-6H2,1-2H3,(H,16,17). The zero-order valence-electron chi connectivity index (χ0n) is 10.3. The fourth-order valence-corrected chi connectivity index (χ4v) is 2.46. The minimum absolute atomic E-state index is 0.0252. The van der Waals surface area contributed by atoms with Crippen molar-refractivity contribution in [1.82, 2.24) is 5.32 Å². The lowest BCUT2D eigenvalue weighted by Gasteiger charge is -2.28. The van der Waals surface area contributed by atoms with E-state index in [9.17, 15) is 4.79 Å². The molecule has 2 atom stereocenters. The van der Waals surface area contributed by atoms with Crippen LogP contribution in [0.2, 0.25) is 5.02 Å². The highest BCUT2D eigenvalue weighted by Gasteiger charge is 2.38. The minimum Gasteiger partial charge on any atom is -0.376 e. The molecule has 1 heterocycles. The normalized spacial score (nSPS) is 27.2. The highest BCUT2D eigenvalue weighted by Crippen LogP contribution is 2.27. The third kappa shape index (κ3) is 2.71. The van der Waals surface area contributed by atoms with Gasteiger partial charge in [-0.05, 0) is 54.4 Å². The molecule has 0 aromatic heterocycles. The lowest BCUT2D eigenvalue weighted by atomic mass is 9.94. The molecule has 2 unspecified atom stereocenters. The number of benzene rings is 1. The Bertz CT molecular complexity index is 480. The molecular formula is C13H15BrClNO2. The van der Waals surface area contributed by atoms with E-state index in [2.05, 4.69) is 21.2 Å². The SMILES string of the molecule is CC1OCCC1(C)NC(=O)c1ccc(Cl)c(Br)c1. The number of hydrogen-bond donors (Lipinski definition) is 1. The van der Waals surface area contributed by atoms with Crippen molar-refractivity contribution < 1.29 is 9.53 Å². The molecule has 3 nitrogen and oxygen atoms in total. The number of hydrogen-bond acceptors (Lipinski definition) is 2. The van der Waals surface area contributed by atoms with Gasteiger partial charge in [-0.15, -0.1) is 0 Å². The van der Waals surface area contributed by atoms with E-state index in [4.69, 9.17) is 16.3 Å². The molecule has 18 heavy (non-hydrogen) atoms. The number of nitrogens with one attached hydrogen (secondary N) is 1. The summed E-state index contributed by atoms with van der Waals surface area (Å²) >= 11 is 9.22. The van der Waals surface area contributed by atoms with Gasteiger partial charge in [-0.3, -0.25) is 4.79 Å². The lowest BCUT2D eigenvalue weighted by molar-refractivity contribution is 0.0727. The summed E-state index contributed by atoms with van der Waals surface area (Å²) in [6.07, 6.45) is 0.853. The molecule has 1 aromatic carbocycles. The zero-order valence-corrected chi connectivity index (χ0v) is 12.6. The maximum Gasteiger partial charge on any atom is 0.251 e. The molecule has 2 rings (SSSR count).